The second-order valence-corrected chi connectivity index (χ2v) is 5.82. The molecule has 0 aliphatic carbocycles. The van der Waals surface area contributed by atoms with Gasteiger partial charge in [-0.15, -0.1) is 0 Å². The second kappa shape index (κ2) is 5.55. The van der Waals surface area contributed by atoms with E-state index in [2.05, 4.69) is 23.7 Å². The molecule has 0 aromatic carbocycles. The van der Waals surface area contributed by atoms with E-state index in [-0.39, 0.29) is 0 Å². The predicted octanol–water partition coefficient (Wildman–Crippen LogP) is 4.01. The van der Waals surface area contributed by atoms with Crippen LogP contribution in [0.2, 0.25) is 10.2 Å². The summed E-state index contributed by atoms with van der Waals surface area (Å²) >= 11 is 12.0. The minimum absolute atomic E-state index is 0.459. The van der Waals surface area contributed by atoms with E-state index in [9.17, 15) is 0 Å². The summed E-state index contributed by atoms with van der Waals surface area (Å²) in [5.41, 5.74) is 1.07. The van der Waals surface area contributed by atoms with Crippen molar-refractivity contribution < 1.29 is 0 Å². The Balaban J connectivity index is 2.09. The maximum absolute atomic E-state index is 6.18. The van der Waals surface area contributed by atoms with Gasteiger partial charge in [-0.05, 0) is 31.4 Å². The Hall–Kier alpha value is -0.310. The molecule has 1 aliphatic rings. The summed E-state index contributed by atoms with van der Waals surface area (Å²) in [6.45, 7) is 6.60. The minimum Gasteiger partial charge on any atom is -0.296 e. The molecular weight excluding hydrogens is 255 g/mol. The molecule has 0 bridgehead atoms. The molecule has 0 N–H and O–H groups in total. The number of hydrogen-bond acceptors (Lipinski definition) is 2. The third-order valence-electron chi connectivity index (χ3n) is 3.45. The lowest BCUT2D eigenvalue weighted by Crippen LogP contribution is -2.32. The lowest BCUT2D eigenvalue weighted by molar-refractivity contribution is 0.198. The topological polar surface area (TPSA) is 16.1 Å². The van der Waals surface area contributed by atoms with Gasteiger partial charge in [0.05, 0.1) is 0 Å². The third kappa shape index (κ3) is 3.12. The standard InChI is InChI=1S/C13H18Cl2N2/c1-9(2)12-4-3-5-17(12)8-10-7-16-13(15)6-11(10)14/h6-7,9,12H,3-5,8H2,1-2H3. The molecule has 17 heavy (non-hydrogen) atoms. The molecule has 1 aliphatic heterocycles. The smallest absolute Gasteiger partial charge is 0.130 e. The first-order valence-electron chi connectivity index (χ1n) is 6.12. The molecule has 2 rings (SSSR count). The van der Waals surface area contributed by atoms with Gasteiger partial charge in [0, 0.05) is 29.4 Å². The molecule has 0 amide bonds. The van der Waals surface area contributed by atoms with Crippen molar-refractivity contribution >= 4 is 23.2 Å². The molecule has 2 nitrogen and oxygen atoms in total. The zero-order chi connectivity index (χ0) is 12.4. The van der Waals surface area contributed by atoms with Gasteiger partial charge in [0.15, 0.2) is 0 Å². The van der Waals surface area contributed by atoms with E-state index in [4.69, 9.17) is 23.2 Å². The summed E-state index contributed by atoms with van der Waals surface area (Å²) < 4.78 is 0. The van der Waals surface area contributed by atoms with Gasteiger partial charge in [-0.2, -0.15) is 0 Å². The molecule has 94 valence electrons. The maximum Gasteiger partial charge on any atom is 0.130 e. The highest BCUT2D eigenvalue weighted by Gasteiger charge is 2.27. The normalized spacial score (nSPS) is 21.4. The number of aromatic nitrogens is 1. The fourth-order valence-electron chi connectivity index (χ4n) is 2.57. The maximum atomic E-state index is 6.18. The van der Waals surface area contributed by atoms with E-state index in [1.807, 2.05) is 0 Å². The lowest BCUT2D eigenvalue weighted by Gasteiger charge is -2.27. The molecular formula is C13H18Cl2N2. The summed E-state index contributed by atoms with van der Waals surface area (Å²) in [6, 6.07) is 2.39. The van der Waals surface area contributed by atoms with Crippen LogP contribution in [0.1, 0.15) is 32.3 Å². The van der Waals surface area contributed by atoms with E-state index < -0.39 is 0 Å². The van der Waals surface area contributed by atoms with Gasteiger partial charge in [0.25, 0.3) is 0 Å². The van der Waals surface area contributed by atoms with Crippen LogP contribution in [0.25, 0.3) is 0 Å². The van der Waals surface area contributed by atoms with Crippen LogP contribution in [0.4, 0.5) is 0 Å². The van der Waals surface area contributed by atoms with Crippen LogP contribution in [-0.2, 0) is 6.54 Å². The summed E-state index contributed by atoms with van der Waals surface area (Å²) in [5, 5.41) is 1.18. The molecule has 0 saturated carbocycles. The Bertz CT molecular complexity index is 393. The first-order chi connectivity index (χ1) is 8.08. The molecule has 2 heterocycles. The van der Waals surface area contributed by atoms with E-state index in [0.29, 0.717) is 17.1 Å². The van der Waals surface area contributed by atoms with Crippen molar-refractivity contribution in [3.8, 4) is 0 Å². The van der Waals surface area contributed by atoms with Gasteiger partial charge in [-0.3, -0.25) is 4.90 Å². The van der Waals surface area contributed by atoms with Crippen molar-refractivity contribution in [3.05, 3.63) is 28.0 Å². The van der Waals surface area contributed by atoms with Gasteiger partial charge in [-0.25, -0.2) is 4.98 Å². The van der Waals surface area contributed by atoms with Gasteiger partial charge in [0.2, 0.25) is 0 Å². The average molecular weight is 273 g/mol. The molecule has 0 spiro atoms. The van der Waals surface area contributed by atoms with Crippen LogP contribution >= 0.6 is 23.2 Å². The van der Waals surface area contributed by atoms with Gasteiger partial charge in [-0.1, -0.05) is 37.0 Å². The van der Waals surface area contributed by atoms with E-state index in [1.165, 1.54) is 12.8 Å². The monoisotopic (exact) mass is 272 g/mol. The number of nitrogens with zero attached hydrogens (tertiary/aromatic N) is 2. The Labute approximate surface area is 113 Å². The molecule has 4 heteroatoms. The van der Waals surface area contributed by atoms with Crippen LogP contribution < -0.4 is 0 Å². The van der Waals surface area contributed by atoms with E-state index >= 15 is 0 Å². The predicted molar refractivity (Wildman–Crippen MR) is 72.5 cm³/mol. The molecule has 1 unspecified atom stereocenters. The third-order valence-corrected chi connectivity index (χ3v) is 4.01. The Kier molecular flexibility index (Phi) is 4.29. The molecule has 1 aromatic rings. The van der Waals surface area contributed by atoms with Gasteiger partial charge in [0.1, 0.15) is 5.15 Å². The zero-order valence-corrected chi connectivity index (χ0v) is 11.8. The fourth-order valence-corrected chi connectivity index (χ4v) is 3.00. The average Bonchev–Trinajstić information content (AvgIpc) is 2.70. The molecule has 0 radical (unpaired) electrons. The summed E-state index contributed by atoms with van der Waals surface area (Å²) in [5.74, 6) is 0.691. The number of halogens is 2. The number of likely N-dealkylation sites (tertiary alicyclic amines) is 1. The quantitative estimate of drug-likeness (QED) is 0.773. The number of rotatable bonds is 3. The Morgan fingerprint density at radius 3 is 2.88 bits per heavy atom. The van der Waals surface area contributed by atoms with Crippen LogP contribution in [-0.4, -0.2) is 22.5 Å². The first kappa shape index (κ1) is 13.1. The van der Waals surface area contributed by atoms with Crippen molar-refractivity contribution in [3.63, 3.8) is 0 Å². The lowest BCUT2D eigenvalue weighted by atomic mass is 10.0. The van der Waals surface area contributed by atoms with Gasteiger partial charge < -0.3 is 0 Å². The molecule has 1 aromatic heterocycles. The largest absolute Gasteiger partial charge is 0.296 e. The first-order valence-corrected chi connectivity index (χ1v) is 6.87. The van der Waals surface area contributed by atoms with Crippen LogP contribution in [0.3, 0.4) is 0 Å². The molecule has 1 saturated heterocycles. The van der Waals surface area contributed by atoms with Crippen molar-refractivity contribution in [2.75, 3.05) is 6.54 Å². The SMILES string of the molecule is CC(C)C1CCCN1Cc1cnc(Cl)cc1Cl. The highest BCUT2D eigenvalue weighted by Crippen LogP contribution is 2.28. The minimum atomic E-state index is 0.459. The summed E-state index contributed by atoms with van der Waals surface area (Å²) in [4.78, 5) is 6.61. The highest BCUT2D eigenvalue weighted by molar-refractivity contribution is 6.34. The van der Waals surface area contributed by atoms with Crippen molar-refractivity contribution in [1.82, 2.24) is 9.88 Å². The molecule has 1 atom stereocenters. The van der Waals surface area contributed by atoms with Crippen molar-refractivity contribution in [1.29, 1.82) is 0 Å². The van der Waals surface area contributed by atoms with Gasteiger partial charge >= 0.3 is 0 Å². The van der Waals surface area contributed by atoms with Crippen molar-refractivity contribution in [2.24, 2.45) is 5.92 Å². The Morgan fingerprint density at radius 2 is 2.24 bits per heavy atom. The second-order valence-electron chi connectivity index (χ2n) is 5.02. The highest BCUT2D eigenvalue weighted by atomic mass is 35.5. The molecule has 1 fully saturated rings. The number of hydrogen-bond donors (Lipinski definition) is 0. The van der Waals surface area contributed by atoms with Crippen LogP contribution in [0.5, 0.6) is 0 Å². The fraction of sp³-hybridized carbons (Fsp3) is 0.615. The van der Waals surface area contributed by atoms with Crippen LogP contribution in [0.15, 0.2) is 12.3 Å². The number of pyridine rings is 1. The van der Waals surface area contributed by atoms with E-state index in [1.54, 1.807) is 12.3 Å². The zero-order valence-electron chi connectivity index (χ0n) is 10.3. The Morgan fingerprint density at radius 1 is 1.47 bits per heavy atom. The summed E-state index contributed by atoms with van der Waals surface area (Å²) in [7, 11) is 0. The van der Waals surface area contributed by atoms with Crippen molar-refractivity contribution in [2.45, 2.75) is 39.3 Å². The summed E-state index contributed by atoms with van der Waals surface area (Å²) in [6.07, 6.45) is 4.36. The van der Waals surface area contributed by atoms with Crippen LogP contribution in [0, 0.1) is 5.92 Å². The van der Waals surface area contributed by atoms with E-state index in [0.717, 1.165) is 23.7 Å².